The highest BCUT2D eigenvalue weighted by atomic mass is 19.1. The largest absolute Gasteiger partial charge is 0.480 e. The zero-order chi connectivity index (χ0) is 22.4. The Kier molecular flexibility index (Phi) is 6.58. The Hall–Kier alpha value is -4.25. The van der Waals surface area contributed by atoms with Gasteiger partial charge in [0.05, 0.1) is 12.3 Å². The molecule has 3 amide bonds. The fourth-order valence-corrected chi connectivity index (χ4v) is 2.50. The zero-order valence-electron chi connectivity index (χ0n) is 15.8. The molecule has 1 aromatic heterocycles. The van der Waals surface area contributed by atoms with Crippen LogP contribution >= 0.6 is 0 Å². The number of carbonyl (C=O) groups excluding carboxylic acids is 2. The summed E-state index contributed by atoms with van der Waals surface area (Å²) in [6.45, 7) is -0.777. The molecule has 3 aromatic rings. The van der Waals surface area contributed by atoms with Crippen molar-refractivity contribution in [3.8, 4) is 11.3 Å². The number of benzene rings is 2. The number of rotatable bonds is 7. The highest BCUT2D eigenvalue weighted by Gasteiger charge is 2.22. The van der Waals surface area contributed by atoms with Crippen molar-refractivity contribution in [2.75, 3.05) is 17.2 Å². The van der Waals surface area contributed by atoms with Crippen LogP contribution in [0.4, 0.5) is 20.6 Å². The number of carboxylic acid groups (broad SMARTS) is 1. The lowest BCUT2D eigenvalue weighted by atomic mass is 10.1. The molecule has 1 unspecified atom stereocenters. The van der Waals surface area contributed by atoms with Crippen molar-refractivity contribution >= 4 is 29.3 Å². The number of carbonyl (C=O) groups is 3. The minimum absolute atomic E-state index is 0.0383. The number of anilines is 2. The third-order valence-corrected chi connectivity index (χ3v) is 4.08. The fraction of sp³-hybridized carbons (Fsp3) is 0.100. The lowest BCUT2D eigenvalue weighted by Gasteiger charge is -2.09. The number of para-hydroxylation sites is 1. The van der Waals surface area contributed by atoms with Crippen LogP contribution in [0.2, 0.25) is 0 Å². The maximum atomic E-state index is 13.6. The van der Waals surface area contributed by atoms with Gasteiger partial charge in [-0.2, -0.15) is 0 Å². The van der Waals surface area contributed by atoms with Crippen molar-refractivity contribution in [3.05, 3.63) is 66.2 Å². The summed E-state index contributed by atoms with van der Waals surface area (Å²) in [7, 11) is 0. The van der Waals surface area contributed by atoms with Crippen LogP contribution in [0.25, 0.3) is 11.3 Å². The second-order valence-corrected chi connectivity index (χ2v) is 6.26. The molecule has 160 valence electrons. The molecule has 5 N–H and O–H groups in total. The van der Waals surface area contributed by atoms with E-state index in [2.05, 4.69) is 21.1 Å². The van der Waals surface area contributed by atoms with Gasteiger partial charge in [-0.25, -0.2) is 14.0 Å². The third kappa shape index (κ3) is 5.42. The Morgan fingerprint density at radius 3 is 2.42 bits per heavy atom. The van der Waals surface area contributed by atoms with Crippen molar-refractivity contribution in [2.24, 2.45) is 0 Å². The van der Waals surface area contributed by atoms with Gasteiger partial charge in [0.25, 0.3) is 5.91 Å². The maximum Gasteiger partial charge on any atom is 0.328 e. The second-order valence-electron chi connectivity index (χ2n) is 6.26. The molecule has 0 aliphatic carbocycles. The molecule has 2 aromatic carbocycles. The first kappa shape index (κ1) is 21.5. The van der Waals surface area contributed by atoms with Crippen molar-refractivity contribution < 1.29 is 33.5 Å². The predicted octanol–water partition coefficient (Wildman–Crippen LogP) is 2.30. The molecule has 31 heavy (non-hydrogen) atoms. The first-order chi connectivity index (χ1) is 14.9. The summed E-state index contributed by atoms with van der Waals surface area (Å²) in [6, 6.07) is 11.3. The molecular weight excluding hydrogens is 411 g/mol. The Labute approximate surface area is 174 Å². The predicted molar refractivity (Wildman–Crippen MR) is 107 cm³/mol. The molecule has 0 aliphatic rings. The van der Waals surface area contributed by atoms with Crippen LogP contribution in [0.15, 0.2) is 59.1 Å². The van der Waals surface area contributed by atoms with E-state index in [-0.39, 0.29) is 11.4 Å². The van der Waals surface area contributed by atoms with Crippen LogP contribution < -0.4 is 16.0 Å². The van der Waals surface area contributed by atoms with E-state index in [0.29, 0.717) is 16.9 Å². The molecule has 1 atom stereocenters. The number of hydrogen-bond acceptors (Lipinski definition) is 6. The van der Waals surface area contributed by atoms with Crippen molar-refractivity contribution in [1.82, 2.24) is 10.5 Å². The quantitative estimate of drug-likeness (QED) is 0.387. The van der Waals surface area contributed by atoms with E-state index >= 15 is 0 Å². The average Bonchev–Trinajstić information content (AvgIpc) is 3.24. The number of aliphatic hydroxyl groups is 1. The highest BCUT2D eigenvalue weighted by molar-refractivity contribution is 6.00. The van der Waals surface area contributed by atoms with Crippen molar-refractivity contribution in [3.63, 3.8) is 0 Å². The van der Waals surface area contributed by atoms with E-state index < -0.39 is 36.4 Å². The fourth-order valence-electron chi connectivity index (χ4n) is 2.50. The monoisotopic (exact) mass is 428 g/mol. The third-order valence-electron chi connectivity index (χ3n) is 4.08. The van der Waals surface area contributed by atoms with Gasteiger partial charge in [-0.05, 0) is 24.3 Å². The Balaban J connectivity index is 1.63. The maximum absolute atomic E-state index is 13.6. The second kappa shape index (κ2) is 9.50. The van der Waals surface area contributed by atoms with Gasteiger partial charge in [0.2, 0.25) is 5.76 Å². The molecule has 11 heteroatoms. The summed E-state index contributed by atoms with van der Waals surface area (Å²) in [4.78, 5) is 34.9. The van der Waals surface area contributed by atoms with E-state index in [1.54, 1.807) is 30.3 Å². The number of aliphatic hydroxyl groups excluding tert-OH is 1. The van der Waals surface area contributed by atoms with E-state index in [9.17, 15) is 18.8 Å². The molecule has 0 aliphatic heterocycles. The van der Waals surface area contributed by atoms with Gasteiger partial charge in [-0.3, -0.25) is 4.79 Å². The van der Waals surface area contributed by atoms with E-state index in [0.717, 1.165) is 0 Å². The number of nitrogens with one attached hydrogen (secondary N) is 3. The lowest BCUT2D eigenvalue weighted by Crippen LogP contribution is -2.43. The smallest absolute Gasteiger partial charge is 0.328 e. The normalized spacial score (nSPS) is 11.4. The SMILES string of the molecule is O=C(Nc1ccc(-c2cc(C(=O)NC(CO)C(=O)O)on2)cc1)Nc1ccccc1F. The van der Waals surface area contributed by atoms with Crippen LogP contribution in [0.3, 0.4) is 0 Å². The van der Waals surface area contributed by atoms with Crippen LogP contribution in [0.1, 0.15) is 10.6 Å². The number of carboxylic acids is 1. The van der Waals surface area contributed by atoms with Gasteiger partial charge in [-0.1, -0.05) is 29.4 Å². The number of aliphatic carboxylic acids is 1. The van der Waals surface area contributed by atoms with Crippen LogP contribution in [-0.4, -0.2) is 45.9 Å². The minimum atomic E-state index is -1.47. The van der Waals surface area contributed by atoms with Gasteiger partial charge in [-0.15, -0.1) is 0 Å². The summed E-state index contributed by atoms with van der Waals surface area (Å²) in [5, 5.41) is 28.6. The number of nitrogens with zero attached hydrogens (tertiary/aromatic N) is 1. The Morgan fingerprint density at radius 1 is 1.06 bits per heavy atom. The van der Waals surface area contributed by atoms with Gasteiger partial charge in [0.1, 0.15) is 11.5 Å². The summed E-state index contributed by atoms with van der Waals surface area (Å²) < 4.78 is 18.5. The average molecular weight is 428 g/mol. The minimum Gasteiger partial charge on any atom is -0.480 e. The first-order valence-electron chi connectivity index (χ1n) is 8.91. The van der Waals surface area contributed by atoms with Crippen LogP contribution in [-0.2, 0) is 4.79 Å². The molecule has 0 saturated heterocycles. The molecule has 0 spiro atoms. The van der Waals surface area contributed by atoms with Crippen molar-refractivity contribution in [2.45, 2.75) is 6.04 Å². The van der Waals surface area contributed by atoms with E-state index in [1.807, 2.05) is 0 Å². The topological polar surface area (TPSA) is 154 Å². The summed E-state index contributed by atoms with van der Waals surface area (Å²) in [6.07, 6.45) is 0. The Bertz CT molecular complexity index is 1100. The molecular formula is C20H17FN4O6. The lowest BCUT2D eigenvalue weighted by molar-refractivity contribution is -0.140. The van der Waals surface area contributed by atoms with Gasteiger partial charge in [0, 0.05) is 17.3 Å². The number of aromatic nitrogens is 1. The molecule has 0 fully saturated rings. The molecule has 3 rings (SSSR count). The standard InChI is InChI=1S/C20H17FN4O6/c21-13-3-1-2-4-14(13)24-20(30)22-12-7-5-11(6-8-12)15-9-17(31-25-15)18(27)23-16(10-26)19(28)29/h1-9,16,26H,10H2,(H,23,27)(H,28,29)(H2,22,24,30). The first-order valence-corrected chi connectivity index (χ1v) is 8.91. The van der Waals surface area contributed by atoms with Crippen LogP contribution in [0.5, 0.6) is 0 Å². The molecule has 0 radical (unpaired) electrons. The highest BCUT2D eigenvalue weighted by Crippen LogP contribution is 2.22. The zero-order valence-corrected chi connectivity index (χ0v) is 15.8. The Morgan fingerprint density at radius 2 is 1.77 bits per heavy atom. The summed E-state index contributed by atoms with van der Waals surface area (Å²) >= 11 is 0. The molecule has 1 heterocycles. The number of amides is 3. The van der Waals surface area contributed by atoms with E-state index in [1.165, 1.54) is 24.3 Å². The molecule has 10 nitrogen and oxygen atoms in total. The van der Waals surface area contributed by atoms with Gasteiger partial charge >= 0.3 is 12.0 Å². The molecule has 0 saturated carbocycles. The number of halogens is 1. The summed E-state index contributed by atoms with van der Waals surface area (Å²) in [5.74, 6) is -3.03. The number of hydrogen-bond donors (Lipinski definition) is 5. The van der Waals surface area contributed by atoms with E-state index in [4.69, 9.17) is 14.7 Å². The van der Waals surface area contributed by atoms with Gasteiger partial charge < -0.3 is 30.7 Å². The summed E-state index contributed by atoms with van der Waals surface area (Å²) in [5.41, 5.74) is 1.31. The van der Waals surface area contributed by atoms with Gasteiger partial charge in [0.15, 0.2) is 6.04 Å². The van der Waals surface area contributed by atoms with Crippen LogP contribution in [0, 0.1) is 5.82 Å². The molecule has 0 bridgehead atoms. The van der Waals surface area contributed by atoms with Crippen molar-refractivity contribution in [1.29, 1.82) is 0 Å². The number of urea groups is 1.